The van der Waals surface area contributed by atoms with Gasteiger partial charge in [-0.1, -0.05) is 6.42 Å². The van der Waals surface area contributed by atoms with Crippen molar-refractivity contribution in [2.75, 3.05) is 6.54 Å². The van der Waals surface area contributed by atoms with Crippen LogP contribution in [-0.4, -0.2) is 27.9 Å². The number of aromatic amines is 1. The third-order valence-electron chi connectivity index (χ3n) is 3.62. The van der Waals surface area contributed by atoms with E-state index in [-0.39, 0.29) is 5.82 Å². The minimum atomic E-state index is -0.707. The van der Waals surface area contributed by atoms with Gasteiger partial charge < -0.3 is 10.4 Å². The summed E-state index contributed by atoms with van der Waals surface area (Å²) < 4.78 is 13.4. The number of halogens is 1. The number of hydrogen-bond donors (Lipinski definition) is 3. The SMILES string of the molecule is O[C@@H](CNC1CCC1)c1cc(F)cc2[nH]ncc12. The van der Waals surface area contributed by atoms with Gasteiger partial charge in [-0.15, -0.1) is 0 Å². The van der Waals surface area contributed by atoms with Gasteiger partial charge in [-0.25, -0.2) is 4.39 Å². The van der Waals surface area contributed by atoms with Crippen molar-refractivity contribution in [3.8, 4) is 0 Å². The number of benzene rings is 1. The minimum Gasteiger partial charge on any atom is -0.387 e. The van der Waals surface area contributed by atoms with E-state index in [0.717, 1.165) is 18.2 Å². The van der Waals surface area contributed by atoms with Crippen LogP contribution < -0.4 is 5.32 Å². The second-order valence-corrected chi connectivity index (χ2v) is 4.88. The van der Waals surface area contributed by atoms with Crippen molar-refractivity contribution >= 4 is 10.9 Å². The first-order valence-corrected chi connectivity index (χ1v) is 6.28. The zero-order valence-corrected chi connectivity index (χ0v) is 9.99. The fraction of sp³-hybridized carbons (Fsp3) is 0.462. The Morgan fingerprint density at radius 3 is 3.06 bits per heavy atom. The van der Waals surface area contributed by atoms with Crippen LogP contribution in [0.5, 0.6) is 0 Å². The molecule has 1 aromatic heterocycles. The fourth-order valence-corrected chi connectivity index (χ4v) is 2.32. The molecule has 1 aromatic carbocycles. The highest BCUT2D eigenvalue weighted by Crippen LogP contribution is 2.25. The molecule has 96 valence electrons. The summed E-state index contributed by atoms with van der Waals surface area (Å²) in [6.07, 6.45) is 4.49. The van der Waals surface area contributed by atoms with Crippen LogP contribution in [0.1, 0.15) is 30.9 Å². The molecule has 3 rings (SSSR count). The standard InChI is InChI=1S/C13H16FN3O/c14-8-4-10(11-6-16-17-12(11)5-8)13(18)7-15-9-2-1-3-9/h4-6,9,13,15,18H,1-3,7H2,(H,16,17)/t13-/m0/s1. The molecule has 1 atom stereocenters. The molecule has 3 N–H and O–H groups in total. The van der Waals surface area contributed by atoms with Crippen molar-refractivity contribution in [1.29, 1.82) is 0 Å². The number of H-pyrrole nitrogens is 1. The summed E-state index contributed by atoms with van der Waals surface area (Å²) in [5, 5.41) is 20.8. The minimum absolute atomic E-state index is 0.357. The molecule has 1 fully saturated rings. The van der Waals surface area contributed by atoms with Crippen LogP contribution in [0, 0.1) is 5.82 Å². The molecule has 0 amide bonds. The molecule has 0 radical (unpaired) electrons. The molecule has 4 nitrogen and oxygen atoms in total. The van der Waals surface area contributed by atoms with Crippen molar-refractivity contribution < 1.29 is 9.50 Å². The van der Waals surface area contributed by atoms with E-state index in [4.69, 9.17) is 0 Å². The van der Waals surface area contributed by atoms with E-state index in [0.29, 0.717) is 23.7 Å². The Labute approximate surface area is 104 Å². The summed E-state index contributed by atoms with van der Waals surface area (Å²) in [5.74, 6) is -0.357. The Bertz CT molecular complexity index is 550. The Morgan fingerprint density at radius 2 is 2.33 bits per heavy atom. The molecule has 0 aliphatic heterocycles. The lowest BCUT2D eigenvalue weighted by molar-refractivity contribution is 0.162. The molecule has 0 saturated heterocycles. The van der Waals surface area contributed by atoms with E-state index < -0.39 is 6.10 Å². The molecule has 1 saturated carbocycles. The zero-order valence-electron chi connectivity index (χ0n) is 9.99. The van der Waals surface area contributed by atoms with Gasteiger partial charge in [-0.2, -0.15) is 5.10 Å². The monoisotopic (exact) mass is 249 g/mol. The summed E-state index contributed by atoms with van der Waals surface area (Å²) in [4.78, 5) is 0. The second kappa shape index (κ2) is 4.66. The van der Waals surface area contributed by atoms with Crippen molar-refractivity contribution in [1.82, 2.24) is 15.5 Å². The summed E-state index contributed by atoms with van der Waals surface area (Å²) in [6, 6.07) is 3.27. The van der Waals surface area contributed by atoms with Crippen LogP contribution in [0.2, 0.25) is 0 Å². The third-order valence-corrected chi connectivity index (χ3v) is 3.62. The van der Waals surface area contributed by atoms with Gasteiger partial charge in [0.05, 0.1) is 17.8 Å². The van der Waals surface area contributed by atoms with Crippen LogP contribution in [0.3, 0.4) is 0 Å². The Morgan fingerprint density at radius 1 is 1.50 bits per heavy atom. The topological polar surface area (TPSA) is 60.9 Å². The molecule has 0 unspecified atom stereocenters. The average molecular weight is 249 g/mol. The summed E-state index contributed by atoms with van der Waals surface area (Å²) in [5.41, 5.74) is 1.21. The number of aromatic nitrogens is 2. The molecule has 1 heterocycles. The molecule has 1 aliphatic carbocycles. The molecule has 18 heavy (non-hydrogen) atoms. The van der Waals surface area contributed by atoms with Gasteiger partial charge in [-0.05, 0) is 30.5 Å². The zero-order chi connectivity index (χ0) is 12.5. The van der Waals surface area contributed by atoms with Gasteiger partial charge >= 0.3 is 0 Å². The Hall–Kier alpha value is -1.46. The van der Waals surface area contributed by atoms with Crippen LogP contribution in [0.4, 0.5) is 4.39 Å². The van der Waals surface area contributed by atoms with E-state index in [1.54, 1.807) is 6.20 Å². The lowest BCUT2D eigenvalue weighted by atomic mass is 9.93. The molecule has 1 aliphatic rings. The molecular weight excluding hydrogens is 233 g/mol. The average Bonchev–Trinajstić information content (AvgIpc) is 2.73. The smallest absolute Gasteiger partial charge is 0.125 e. The number of fused-ring (bicyclic) bond motifs is 1. The van der Waals surface area contributed by atoms with Gasteiger partial charge in [0, 0.05) is 18.0 Å². The fourth-order valence-electron chi connectivity index (χ4n) is 2.32. The van der Waals surface area contributed by atoms with E-state index in [2.05, 4.69) is 15.5 Å². The lowest BCUT2D eigenvalue weighted by Gasteiger charge is -2.27. The largest absolute Gasteiger partial charge is 0.387 e. The van der Waals surface area contributed by atoms with Crippen molar-refractivity contribution in [3.05, 3.63) is 29.7 Å². The van der Waals surface area contributed by atoms with E-state index in [1.165, 1.54) is 18.6 Å². The second-order valence-electron chi connectivity index (χ2n) is 4.88. The van der Waals surface area contributed by atoms with Gasteiger partial charge in [0.1, 0.15) is 5.82 Å². The summed E-state index contributed by atoms with van der Waals surface area (Å²) in [6.45, 7) is 0.453. The third kappa shape index (κ3) is 2.11. The Balaban J connectivity index is 1.80. The number of nitrogens with zero attached hydrogens (tertiary/aromatic N) is 1. The highest BCUT2D eigenvalue weighted by atomic mass is 19.1. The molecule has 0 bridgehead atoms. The van der Waals surface area contributed by atoms with Crippen molar-refractivity contribution in [2.45, 2.75) is 31.4 Å². The molecule has 5 heteroatoms. The van der Waals surface area contributed by atoms with Crippen molar-refractivity contribution in [2.24, 2.45) is 0 Å². The number of hydrogen-bond acceptors (Lipinski definition) is 3. The first-order chi connectivity index (χ1) is 8.74. The van der Waals surface area contributed by atoms with E-state index in [9.17, 15) is 9.50 Å². The summed E-state index contributed by atoms with van der Waals surface area (Å²) in [7, 11) is 0. The maximum Gasteiger partial charge on any atom is 0.125 e. The predicted molar refractivity (Wildman–Crippen MR) is 66.7 cm³/mol. The first-order valence-electron chi connectivity index (χ1n) is 6.28. The number of aliphatic hydroxyl groups excluding tert-OH is 1. The first kappa shape index (κ1) is 11.6. The normalized spacial score (nSPS) is 17.9. The highest BCUT2D eigenvalue weighted by molar-refractivity contribution is 5.82. The Kier molecular flexibility index (Phi) is 3.01. The van der Waals surface area contributed by atoms with E-state index in [1.807, 2.05) is 0 Å². The van der Waals surface area contributed by atoms with Gasteiger partial charge in [0.2, 0.25) is 0 Å². The quantitative estimate of drug-likeness (QED) is 0.775. The number of nitrogens with one attached hydrogen (secondary N) is 2. The van der Waals surface area contributed by atoms with Crippen LogP contribution >= 0.6 is 0 Å². The maximum atomic E-state index is 13.4. The van der Waals surface area contributed by atoms with Gasteiger partial charge in [0.15, 0.2) is 0 Å². The van der Waals surface area contributed by atoms with Crippen LogP contribution in [0.25, 0.3) is 10.9 Å². The van der Waals surface area contributed by atoms with E-state index >= 15 is 0 Å². The van der Waals surface area contributed by atoms with Gasteiger partial charge in [-0.3, -0.25) is 5.10 Å². The molecule has 0 spiro atoms. The predicted octanol–water partition coefficient (Wildman–Crippen LogP) is 1.88. The molecular formula is C13H16FN3O. The lowest BCUT2D eigenvalue weighted by Crippen LogP contribution is -2.37. The number of aliphatic hydroxyl groups is 1. The maximum absolute atomic E-state index is 13.4. The molecule has 2 aromatic rings. The van der Waals surface area contributed by atoms with Crippen molar-refractivity contribution in [3.63, 3.8) is 0 Å². The number of rotatable bonds is 4. The van der Waals surface area contributed by atoms with Gasteiger partial charge in [0.25, 0.3) is 0 Å². The van der Waals surface area contributed by atoms with Crippen LogP contribution in [-0.2, 0) is 0 Å². The highest BCUT2D eigenvalue weighted by Gasteiger charge is 2.19. The van der Waals surface area contributed by atoms with Crippen LogP contribution in [0.15, 0.2) is 18.3 Å². The summed E-state index contributed by atoms with van der Waals surface area (Å²) >= 11 is 0.